The third-order valence-electron chi connectivity index (χ3n) is 4.40. The van der Waals surface area contributed by atoms with Gasteiger partial charge < -0.3 is 9.88 Å². The molecule has 1 aromatic carbocycles. The highest BCUT2D eigenvalue weighted by molar-refractivity contribution is 6.31. The van der Waals surface area contributed by atoms with Crippen LogP contribution < -0.4 is 5.32 Å². The lowest BCUT2D eigenvalue weighted by atomic mass is 10.0. The van der Waals surface area contributed by atoms with Gasteiger partial charge in [0, 0.05) is 43.9 Å². The summed E-state index contributed by atoms with van der Waals surface area (Å²) < 4.78 is 15.2. The molecule has 1 aliphatic rings. The van der Waals surface area contributed by atoms with E-state index in [4.69, 9.17) is 11.6 Å². The Morgan fingerprint density at radius 3 is 3.04 bits per heavy atom. The minimum absolute atomic E-state index is 0.284. The number of halogens is 2. The molecule has 0 spiro atoms. The maximum absolute atomic E-state index is 13.1. The number of nitrogens with zero attached hydrogens (tertiary/aromatic N) is 3. The number of hydrogen-bond donors (Lipinski definition) is 1. The van der Waals surface area contributed by atoms with Gasteiger partial charge in [-0.05, 0) is 37.1 Å². The molecule has 2 heterocycles. The number of aromatic nitrogens is 2. The van der Waals surface area contributed by atoms with Crippen LogP contribution in [0, 0.1) is 5.82 Å². The van der Waals surface area contributed by atoms with E-state index in [1.54, 1.807) is 6.07 Å². The normalized spacial score (nSPS) is 19.2. The van der Waals surface area contributed by atoms with E-state index in [2.05, 4.69) is 15.2 Å². The van der Waals surface area contributed by atoms with Crippen molar-refractivity contribution in [1.82, 2.24) is 19.8 Å². The molecule has 6 heteroatoms. The van der Waals surface area contributed by atoms with Gasteiger partial charge in [0.25, 0.3) is 0 Å². The molecule has 0 amide bonds. The lowest BCUT2D eigenvalue weighted by Gasteiger charge is -2.33. The second kappa shape index (κ2) is 7.43. The van der Waals surface area contributed by atoms with Gasteiger partial charge in [0.15, 0.2) is 0 Å². The monoisotopic (exact) mass is 336 g/mol. The van der Waals surface area contributed by atoms with Gasteiger partial charge in [0.2, 0.25) is 0 Å². The highest BCUT2D eigenvalue weighted by atomic mass is 35.5. The van der Waals surface area contributed by atoms with Crippen LogP contribution in [0.4, 0.5) is 4.39 Å². The zero-order valence-electron chi connectivity index (χ0n) is 13.3. The second-order valence-electron chi connectivity index (χ2n) is 6.19. The Hall–Kier alpha value is -1.43. The zero-order chi connectivity index (χ0) is 16.2. The predicted molar refractivity (Wildman–Crippen MR) is 89.8 cm³/mol. The first kappa shape index (κ1) is 16.4. The Bertz CT molecular complexity index is 658. The maximum atomic E-state index is 13.1. The highest BCUT2D eigenvalue weighted by Crippen LogP contribution is 2.21. The molecule has 0 aliphatic carbocycles. The van der Waals surface area contributed by atoms with E-state index in [-0.39, 0.29) is 5.82 Å². The first-order valence-corrected chi connectivity index (χ1v) is 8.34. The molecule has 1 aromatic heterocycles. The molecule has 3 rings (SSSR count). The summed E-state index contributed by atoms with van der Waals surface area (Å²) in [4.78, 5) is 6.52. The highest BCUT2D eigenvalue weighted by Gasteiger charge is 2.20. The van der Waals surface area contributed by atoms with E-state index in [0.717, 1.165) is 38.2 Å². The fraction of sp³-hybridized carbons (Fsp3) is 0.471. The number of imidazole rings is 1. The lowest BCUT2D eigenvalue weighted by molar-refractivity contribution is 0.182. The van der Waals surface area contributed by atoms with E-state index < -0.39 is 0 Å². The summed E-state index contributed by atoms with van der Waals surface area (Å²) in [5, 5.41) is 4.12. The quantitative estimate of drug-likeness (QED) is 0.911. The van der Waals surface area contributed by atoms with E-state index in [1.807, 2.05) is 24.1 Å². The van der Waals surface area contributed by atoms with E-state index in [9.17, 15) is 4.39 Å². The van der Waals surface area contributed by atoms with E-state index >= 15 is 0 Å². The Morgan fingerprint density at radius 1 is 1.43 bits per heavy atom. The Morgan fingerprint density at radius 2 is 2.30 bits per heavy atom. The van der Waals surface area contributed by atoms with Crippen molar-refractivity contribution in [2.75, 3.05) is 13.1 Å². The first-order valence-electron chi connectivity index (χ1n) is 7.96. The molecule has 2 aromatic rings. The van der Waals surface area contributed by atoms with Crippen LogP contribution in [-0.2, 0) is 20.1 Å². The Balaban J connectivity index is 1.54. The van der Waals surface area contributed by atoms with Crippen LogP contribution in [0.15, 0.2) is 30.7 Å². The molecule has 23 heavy (non-hydrogen) atoms. The maximum Gasteiger partial charge on any atom is 0.124 e. The van der Waals surface area contributed by atoms with Crippen molar-refractivity contribution < 1.29 is 4.39 Å². The zero-order valence-corrected chi connectivity index (χ0v) is 14.1. The van der Waals surface area contributed by atoms with Crippen molar-refractivity contribution >= 4 is 11.6 Å². The molecule has 4 nitrogen and oxygen atoms in total. The molecule has 0 saturated carbocycles. The van der Waals surface area contributed by atoms with Crippen molar-refractivity contribution in [3.8, 4) is 0 Å². The van der Waals surface area contributed by atoms with Crippen molar-refractivity contribution in [2.24, 2.45) is 7.05 Å². The fourth-order valence-corrected chi connectivity index (χ4v) is 3.29. The topological polar surface area (TPSA) is 33.1 Å². The van der Waals surface area contributed by atoms with Crippen molar-refractivity contribution in [3.63, 3.8) is 0 Å². The Kier molecular flexibility index (Phi) is 5.30. The Labute approximate surface area is 141 Å². The van der Waals surface area contributed by atoms with Gasteiger partial charge in [0.1, 0.15) is 5.82 Å². The van der Waals surface area contributed by atoms with Crippen LogP contribution in [0.25, 0.3) is 0 Å². The van der Waals surface area contributed by atoms with Crippen LogP contribution in [0.2, 0.25) is 5.02 Å². The number of likely N-dealkylation sites (tertiary alicyclic amines) is 1. The van der Waals surface area contributed by atoms with Crippen molar-refractivity contribution in [2.45, 2.75) is 32.0 Å². The first-order chi connectivity index (χ1) is 11.1. The standard InChI is InChI=1S/C17H22ClFN4/c1-22-12-20-8-16(22)9-21-15-3-2-6-23(11-15)10-13-4-5-14(19)7-17(13)18/h4-5,7-8,12,15,21H,2-3,6,9-11H2,1H3/t15-/m0/s1. The van der Waals surface area contributed by atoms with Gasteiger partial charge in [-0.25, -0.2) is 9.37 Å². The van der Waals surface area contributed by atoms with Gasteiger partial charge >= 0.3 is 0 Å². The summed E-state index contributed by atoms with van der Waals surface area (Å²) in [7, 11) is 2.01. The molecule has 1 atom stereocenters. The summed E-state index contributed by atoms with van der Waals surface area (Å²) in [5.41, 5.74) is 2.17. The average molecular weight is 337 g/mol. The van der Waals surface area contributed by atoms with Gasteiger partial charge in [-0.3, -0.25) is 4.90 Å². The lowest BCUT2D eigenvalue weighted by Crippen LogP contribution is -2.45. The van der Waals surface area contributed by atoms with Crippen LogP contribution in [0.3, 0.4) is 0 Å². The summed E-state index contributed by atoms with van der Waals surface area (Å²) in [6, 6.07) is 5.10. The predicted octanol–water partition coefficient (Wildman–Crippen LogP) is 2.97. The number of piperidine rings is 1. The van der Waals surface area contributed by atoms with Crippen LogP contribution in [0.1, 0.15) is 24.1 Å². The van der Waals surface area contributed by atoms with Crippen LogP contribution in [-0.4, -0.2) is 33.6 Å². The number of aryl methyl sites for hydroxylation is 1. The summed E-state index contributed by atoms with van der Waals surface area (Å²) in [6.07, 6.45) is 6.04. The molecule has 124 valence electrons. The van der Waals surface area contributed by atoms with Gasteiger partial charge in [0.05, 0.1) is 12.0 Å². The minimum atomic E-state index is -0.284. The SMILES string of the molecule is Cn1cncc1CN[C@H]1CCCN(Cc2ccc(F)cc2Cl)C1. The number of hydrogen-bond acceptors (Lipinski definition) is 3. The molecule has 1 aliphatic heterocycles. The molecule has 0 unspecified atom stereocenters. The van der Waals surface area contributed by atoms with Crippen molar-refractivity contribution in [3.05, 3.63) is 52.8 Å². The van der Waals surface area contributed by atoms with Gasteiger partial charge in [-0.15, -0.1) is 0 Å². The van der Waals surface area contributed by atoms with Crippen LogP contribution in [0.5, 0.6) is 0 Å². The average Bonchev–Trinajstić information content (AvgIpc) is 2.94. The second-order valence-corrected chi connectivity index (χ2v) is 6.59. The summed E-state index contributed by atoms with van der Waals surface area (Å²) in [5.74, 6) is -0.284. The summed E-state index contributed by atoms with van der Waals surface area (Å²) >= 11 is 6.14. The smallest absolute Gasteiger partial charge is 0.124 e. The van der Waals surface area contributed by atoms with E-state index in [0.29, 0.717) is 11.1 Å². The van der Waals surface area contributed by atoms with Gasteiger partial charge in [-0.1, -0.05) is 17.7 Å². The fourth-order valence-electron chi connectivity index (χ4n) is 3.06. The number of rotatable bonds is 5. The molecule has 1 fully saturated rings. The molecule has 0 bridgehead atoms. The molecule has 1 saturated heterocycles. The molecule has 1 N–H and O–H groups in total. The molecular formula is C17H22ClFN4. The number of benzene rings is 1. The van der Waals surface area contributed by atoms with E-state index in [1.165, 1.54) is 24.2 Å². The minimum Gasteiger partial charge on any atom is -0.337 e. The molecular weight excluding hydrogens is 315 g/mol. The van der Waals surface area contributed by atoms with Crippen molar-refractivity contribution in [1.29, 1.82) is 0 Å². The largest absolute Gasteiger partial charge is 0.337 e. The van der Waals surface area contributed by atoms with Gasteiger partial charge in [-0.2, -0.15) is 0 Å². The third kappa shape index (κ3) is 4.31. The third-order valence-corrected chi connectivity index (χ3v) is 4.75. The number of nitrogens with one attached hydrogen (secondary N) is 1. The molecule has 0 radical (unpaired) electrons. The summed E-state index contributed by atoms with van der Waals surface area (Å²) in [6.45, 7) is 3.62. The van der Waals surface area contributed by atoms with Crippen LogP contribution >= 0.6 is 11.6 Å².